The molecule has 1 N–H and O–H groups in total. The maximum absolute atomic E-state index is 12.4. The van der Waals surface area contributed by atoms with Crippen LogP contribution < -0.4 is 14.8 Å². The lowest BCUT2D eigenvalue weighted by atomic mass is 10.0. The SMILES string of the molecule is C=CCc1cc(/C=C2/NC(=O)N(CC)C2=O)cc(OCC)c1OCc1ccc([N+](=O)[O-])cc1. The molecule has 1 heterocycles. The molecule has 3 rings (SSSR count). The molecule has 1 saturated heterocycles. The third-order valence-corrected chi connectivity index (χ3v) is 4.94. The van der Waals surface area contributed by atoms with Gasteiger partial charge >= 0.3 is 6.03 Å². The Morgan fingerprint density at radius 2 is 1.88 bits per heavy atom. The zero-order chi connectivity index (χ0) is 24.0. The molecule has 2 aromatic rings. The monoisotopic (exact) mass is 451 g/mol. The second-order valence-corrected chi connectivity index (χ2v) is 7.18. The van der Waals surface area contributed by atoms with Crippen molar-refractivity contribution in [3.63, 3.8) is 0 Å². The van der Waals surface area contributed by atoms with E-state index >= 15 is 0 Å². The van der Waals surface area contributed by atoms with Crippen molar-refractivity contribution in [2.24, 2.45) is 0 Å². The van der Waals surface area contributed by atoms with E-state index in [2.05, 4.69) is 11.9 Å². The molecule has 0 unspecified atom stereocenters. The number of benzene rings is 2. The highest BCUT2D eigenvalue weighted by molar-refractivity contribution is 6.13. The van der Waals surface area contributed by atoms with Crippen molar-refractivity contribution in [1.82, 2.24) is 10.2 Å². The van der Waals surface area contributed by atoms with E-state index in [9.17, 15) is 19.7 Å². The predicted molar refractivity (Wildman–Crippen MR) is 123 cm³/mol. The number of amides is 3. The number of nitrogens with zero attached hydrogens (tertiary/aromatic N) is 2. The summed E-state index contributed by atoms with van der Waals surface area (Å²) in [6.45, 7) is 8.23. The first-order chi connectivity index (χ1) is 15.9. The molecule has 0 atom stereocenters. The van der Waals surface area contributed by atoms with Crippen LogP contribution in [0.1, 0.15) is 30.5 Å². The van der Waals surface area contributed by atoms with Gasteiger partial charge in [-0.05, 0) is 61.7 Å². The van der Waals surface area contributed by atoms with Gasteiger partial charge in [0, 0.05) is 24.2 Å². The Labute approximate surface area is 191 Å². The molecule has 1 aliphatic rings. The molecule has 1 aliphatic heterocycles. The van der Waals surface area contributed by atoms with Crippen molar-refractivity contribution in [1.29, 1.82) is 0 Å². The number of hydrogen-bond donors (Lipinski definition) is 1. The third-order valence-electron chi connectivity index (χ3n) is 4.94. The average molecular weight is 451 g/mol. The van der Waals surface area contributed by atoms with Crippen LogP contribution in [-0.2, 0) is 17.8 Å². The molecule has 2 aromatic carbocycles. The lowest BCUT2D eigenvalue weighted by molar-refractivity contribution is -0.384. The van der Waals surface area contributed by atoms with E-state index in [0.29, 0.717) is 30.1 Å². The number of carbonyl (C=O) groups is 2. The molecule has 172 valence electrons. The first kappa shape index (κ1) is 23.5. The van der Waals surface area contributed by atoms with E-state index in [-0.39, 0.29) is 30.4 Å². The van der Waals surface area contributed by atoms with Gasteiger partial charge in [-0.2, -0.15) is 0 Å². The van der Waals surface area contributed by atoms with Crippen LogP contribution in [0.3, 0.4) is 0 Å². The fourth-order valence-corrected chi connectivity index (χ4v) is 3.40. The lowest BCUT2D eigenvalue weighted by Crippen LogP contribution is -2.30. The first-order valence-corrected chi connectivity index (χ1v) is 10.5. The van der Waals surface area contributed by atoms with E-state index in [4.69, 9.17) is 9.47 Å². The summed E-state index contributed by atoms with van der Waals surface area (Å²) in [6, 6.07) is 9.26. The zero-order valence-corrected chi connectivity index (χ0v) is 18.5. The minimum Gasteiger partial charge on any atom is -0.490 e. The lowest BCUT2D eigenvalue weighted by Gasteiger charge is -2.17. The van der Waals surface area contributed by atoms with Gasteiger partial charge in [-0.15, -0.1) is 6.58 Å². The molecule has 0 spiro atoms. The van der Waals surface area contributed by atoms with Gasteiger partial charge in [0.2, 0.25) is 0 Å². The van der Waals surface area contributed by atoms with Crippen molar-refractivity contribution in [2.45, 2.75) is 26.9 Å². The van der Waals surface area contributed by atoms with Crippen molar-refractivity contribution >= 4 is 23.7 Å². The smallest absolute Gasteiger partial charge is 0.328 e. The predicted octanol–water partition coefficient (Wildman–Crippen LogP) is 4.21. The summed E-state index contributed by atoms with van der Waals surface area (Å²) in [6.07, 6.45) is 3.81. The van der Waals surface area contributed by atoms with Crippen molar-refractivity contribution in [2.75, 3.05) is 13.2 Å². The zero-order valence-electron chi connectivity index (χ0n) is 18.5. The number of carbonyl (C=O) groups excluding carboxylic acids is 2. The molecule has 3 amide bonds. The van der Waals surface area contributed by atoms with E-state index in [1.54, 1.807) is 37.3 Å². The van der Waals surface area contributed by atoms with Gasteiger partial charge in [0.25, 0.3) is 11.6 Å². The van der Waals surface area contributed by atoms with Crippen LogP contribution in [0.15, 0.2) is 54.8 Å². The highest BCUT2D eigenvalue weighted by Gasteiger charge is 2.32. The molecule has 0 aromatic heterocycles. The number of allylic oxidation sites excluding steroid dienone is 1. The molecule has 0 saturated carbocycles. The van der Waals surface area contributed by atoms with Crippen LogP contribution in [-0.4, -0.2) is 34.9 Å². The Morgan fingerprint density at radius 3 is 2.45 bits per heavy atom. The van der Waals surface area contributed by atoms with Crippen LogP contribution in [0.25, 0.3) is 6.08 Å². The van der Waals surface area contributed by atoms with Crippen LogP contribution >= 0.6 is 0 Å². The normalized spacial score (nSPS) is 14.4. The van der Waals surface area contributed by atoms with E-state index in [1.807, 2.05) is 13.0 Å². The number of urea groups is 1. The topological polar surface area (TPSA) is 111 Å². The highest BCUT2D eigenvalue weighted by atomic mass is 16.6. The number of nitro benzene ring substituents is 1. The molecule has 33 heavy (non-hydrogen) atoms. The van der Waals surface area contributed by atoms with Gasteiger partial charge in [-0.3, -0.25) is 19.8 Å². The Kier molecular flexibility index (Phi) is 7.45. The maximum Gasteiger partial charge on any atom is 0.328 e. The van der Waals surface area contributed by atoms with E-state index < -0.39 is 11.0 Å². The molecule has 9 nitrogen and oxygen atoms in total. The van der Waals surface area contributed by atoms with Gasteiger partial charge in [-0.25, -0.2) is 4.79 Å². The summed E-state index contributed by atoms with van der Waals surface area (Å²) in [4.78, 5) is 35.9. The second-order valence-electron chi connectivity index (χ2n) is 7.18. The molecular formula is C24H25N3O6. The number of nitrogens with one attached hydrogen (secondary N) is 1. The minimum absolute atomic E-state index is 0.00804. The summed E-state index contributed by atoms with van der Waals surface area (Å²) < 4.78 is 11.8. The van der Waals surface area contributed by atoms with Crippen LogP contribution in [0.5, 0.6) is 11.5 Å². The summed E-state index contributed by atoms with van der Waals surface area (Å²) in [7, 11) is 0. The van der Waals surface area contributed by atoms with Crippen molar-refractivity contribution in [3.8, 4) is 11.5 Å². The van der Waals surface area contributed by atoms with Gasteiger partial charge < -0.3 is 14.8 Å². The van der Waals surface area contributed by atoms with E-state index in [0.717, 1.165) is 16.0 Å². The number of imide groups is 1. The second kappa shape index (κ2) is 10.4. The molecule has 1 fully saturated rings. The molecule has 0 radical (unpaired) electrons. The summed E-state index contributed by atoms with van der Waals surface area (Å²) in [5.41, 5.74) is 2.41. The first-order valence-electron chi connectivity index (χ1n) is 10.5. The largest absolute Gasteiger partial charge is 0.490 e. The average Bonchev–Trinajstić information content (AvgIpc) is 3.06. The number of nitro groups is 1. The number of ether oxygens (including phenoxy) is 2. The summed E-state index contributed by atoms with van der Waals surface area (Å²) >= 11 is 0. The molecule has 0 bridgehead atoms. The number of hydrogen-bond acceptors (Lipinski definition) is 6. The Morgan fingerprint density at radius 1 is 1.15 bits per heavy atom. The fourth-order valence-electron chi connectivity index (χ4n) is 3.40. The Balaban J connectivity index is 1.92. The summed E-state index contributed by atoms with van der Waals surface area (Å²) in [5.74, 6) is 0.619. The number of non-ortho nitro benzene ring substituents is 1. The number of likely N-dealkylation sites (N-methyl/N-ethyl adjacent to an activating group) is 1. The fraction of sp³-hybridized carbons (Fsp3) is 0.250. The standard InChI is InChI=1S/C24H25N3O6/c1-4-7-18-12-17(13-20-23(28)26(5-2)24(29)25-20)14-21(32-6-3)22(18)33-15-16-8-10-19(11-9-16)27(30)31/h4,8-14H,1,5-7,15H2,2-3H3,(H,25,29)/b20-13+. The molecule has 9 heteroatoms. The third kappa shape index (κ3) is 5.38. The Bertz CT molecular complexity index is 1110. The van der Waals surface area contributed by atoms with Crippen LogP contribution in [0.2, 0.25) is 0 Å². The molecule has 0 aliphatic carbocycles. The van der Waals surface area contributed by atoms with Crippen molar-refractivity contribution < 1.29 is 24.0 Å². The quantitative estimate of drug-likeness (QED) is 0.190. The Hall–Kier alpha value is -4.14. The van der Waals surface area contributed by atoms with Crippen molar-refractivity contribution in [3.05, 3.63) is 81.6 Å². The number of rotatable bonds is 10. The van der Waals surface area contributed by atoms with Gasteiger partial charge in [0.15, 0.2) is 11.5 Å². The van der Waals surface area contributed by atoms with Gasteiger partial charge in [-0.1, -0.05) is 6.08 Å². The van der Waals surface area contributed by atoms with E-state index in [1.165, 1.54) is 12.1 Å². The summed E-state index contributed by atoms with van der Waals surface area (Å²) in [5, 5.41) is 13.4. The van der Waals surface area contributed by atoms with Gasteiger partial charge in [0.05, 0.1) is 11.5 Å². The van der Waals surface area contributed by atoms with Gasteiger partial charge in [0.1, 0.15) is 12.3 Å². The van der Waals surface area contributed by atoms with Crippen LogP contribution in [0, 0.1) is 10.1 Å². The molecular weight excluding hydrogens is 426 g/mol. The minimum atomic E-state index is -0.454. The highest BCUT2D eigenvalue weighted by Crippen LogP contribution is 2.35. The van der Waals surface area contributed by atoms with Crippen LogP contribution in [0.4, 0.5) is 10.5 Å². The maximum atomic E-state index is 12.4.